The lowest BCUT2D eigenvalue weighted by atomic mass is 10.2. The Kier molecular flexibility index (Phi) is 3.68. The number of rotatable bonds is 4. The van der Waals surface area contributed by atoms with E-state index in [1.807, 2.05) is 28.7 Å². The van der Waals surface area contributed by atoms with E-state index in [4.69, 9.17) is 0 Å². The summed E-state index contributed by atoms with van der Waals surface area (Å²) in [6.07, 6.45) is 2.72. The van der Waals surface area contributed by atoms with Crippen molar-refractivity contribution in [1.82, 2.24) is 24.7 Å². The number of amides is 1. The van der Waals surface area contributed by atoms with E-state index in [0.29, 0.717) is 17.2 Å². The molecule has 1 aromatic carbocycles. The second kappa shape index (κ2) is 6.01. The number of carbonyl (C=O) groups is 1. The number of hydrogen-bond acceptors (Lipinski definition) is 5. The summed E-state index contributed by atoms with van der Waals surface area (Å²) in [6, 6.07) is 9.58. The Labute approximate surface area is 144 Å². The molecule has 2 N–H and O–H groups in total. The third-order valence-corrected chi connectivity index (χ3v) is 4.11. The molecule has 1 amide bonds. The molecule has 0 bridgehead atoms. The van der Waals surface area contributed by atoms with Crippen LogP contribution < -0.4 is 10.6 Å². The molecular formula is C18H18N6O. The van der Waals surface area contributed by atoms with Gasteiger partial charge in [-0.1, -0.05) is 19.1 Å². The van der Waals surface area contributed by atoms with Gasteiger partial charge in [0.15, 0.2) is 11.3 Å². The Hall–Kier alpha value is -3.22. The number of carbonyl (C=O) groups excluding carboxylic acids is 1. The van der Waals surface area contributed by atoms with Gasteiger partial charge in [0, 0.05) is 25.2 Å². The third-order valence-electron chi connectivity index (χ3n) is 4.11. The van der Waals surface area contributed by atoms with Gasteiger partial charge in [-0.2, -0.15) is 4.98 Å². The van der Waals surface area contributed by atoms with E-state index in [1.54, 1.807) is 19.3 Å². The molecule has 0 atom stereocenters. The largest absolute Gasteiger partial charge is 0.355 e. The van der Waals surface area contributed by atoms with Crippen LogP contribution in [0.15, 0.2) is 36.5 Å². The topological polar surface area (TPSA) is 84.2 Å². The van der Waals surface area contributed by atoms with Gasteiger partial charge in [-0.25, -0.2) is 9.97 Å². The molecule has 4 rings (SSSR count). The Morgan fingerprint density at radius 2 is 2.04 bits per heavy atom. The summed E-state index contributed by atoms with van der Waals surface area (Å²) in [7, 11) is 1.61. The normalized spacial score (nSPS) is 11.3. The number of hydrogen-bond donors (Lipinski definition) is 2. The first kappa shape index (κ1) is 15.3. The minimum Gasteiger partial charge on any atom is -0.355 e. The van der Waals surface area contributed by atoms with Crippen LogP contribution in [0.5, 0.6) is 0 Å². The summed E-state index contributed by atoms with van der Waals surface area (Å²) in [6.45, 7) is 2.89. The number of fused-ring (bicyclic) bond motifs is 5. The maximum Gasteiger partial charge on any atom is 0.254 e. The van der Waals surface area contributed by atoms with E-state index >= 15 is 0 Å². The van der Waals surface area contributed by atoms with Gasteiger partial charge < -0.3 is 10.6 Å². The summed E-state index contributed by atoms with van der Waals surface area (Å²) in [5.41, 5.74) is 3.55. The van der Waals surface area contributed by atoms with E-state index < -0.39 is 0 Å². The first-order valence-corrected chi connectivity index (χ1v) is 8.26. The first-order chi connectivity index (χ1) is 12.2. The number of benzene rings is 1. The SMILES string of the molecule is CCCNc1ncc2cc(C(=O)NC)c3nc4ccccc4n3c2n1. The van der Waals surface area contributed by atoms with Crippen LogP contribution in [-0.2, 0) is 0 Å². The Morgan fingerprint density at radius 3 is 2.84 bits per heavy atom. The van der Waals surface area contributed by atoms with E-state index in [1.165, 1.54) is 0 Å². The lowest BCUT2D eigenvalue weighted by Crippen LogP contribution is -2.19. The molecule has 0 saturated carbocycles. The van der Waals surface area contributed by atoms with Crippen LogP contribution in [0, 0.1) is 0 Å². The molecule has 25 heavy (non-hydrogen) atoms. The molecule has 0 unspecified atom stereocenters. The molecule has 0 aliphatic heterocycles. The lowest BCUT2D eigenvalue weighted by Gasteiger charge is -2.09. The molecule has 0 aliphatic carbocycles. The van der Waals surface area contributed by atoms with Gasteiger partial charge in [0.05, 0.1) is 16.6 Å². The quantitative estimate of drug-likeness (QED) is 0.599. The Morgan fingerprint density at radius 1 is 1.20 bits per heavy atom. The molecule has 0 radical (unpaired) electrons. The fraction of sp³-hybridized carbons (Fsp3) is 0.222. The zero-order valence-electron chi connectivity index (χ0n) is 14.1. The standard InChI is InChI=1S/C18H18N6O/c1-3-8-20-18-21-10-11-9-12(17(25)19-2)16-22-13-6-4-5-7-14(13)24(16)15(11)23-18/h4-7,9-10H,3,8H2,1-2H3,(H,19,25)(H,20,21,23). The zero-order valence-corrected chi connectivity index (χ0v) is 14.1. The molecule has 3 aromatic heterocycles. The van der Waals surface area contributed by atoms with Crippen molar-refractivity contribution in [2.75, 3.05) is 18.9 Å². The Balaban J connectivity index is 2.10. The van der Waals surface area contributed by atoms with Crippen molar-refractivity contribution in [3.8, 4) is 0 Å². The van der Waals surface area contributed by atoms with Gasteiger partial charge >= 0.3 is 0 Å². The van der Waals surface area contributed by atoms with Crippen molar-refractivity contribution < 1.29 is 4.79 Å². The van der Waals surface area contributed by atoms with Crippen molar-refractivity contribution in [3.05, 3.63) is 42.1 Å². The fourth-order valence-electron chi connectivity index (χ4n) is 2.93. The fourth-order valence-corrected chi connectivity index (χ4v) is 2.93. The summed E-state index contributed by atoms with van der Waals surface area (Å²) in [4.78, 5) is 26.0. The highest BCUT2D eigenvalue weighted by molar-refractivity contribution is 6.05. The van der Waals surface area contributed by atoms with Crippen LogP contribution in [0.1, 0.15) is 23.7 Å². The second-order valence-corrected chi connectivity index (χ2v) is 5.80. The van der Waals surface area contributed by atoms with Crippen LogP contribution in [0.4, 0.5) is 5.95 Å². The molecule has 0 aliphatic rings. The van der Waals surface area contributed by atoms with Gasteiger partial charge in [-0.15, -0.1) is 0 Å². The van der Waals surface area contributed by atoms with E-state index in [0.717, 1.165) is 35.0 Å². The van der Waals surface area contributed by atoms with Gasteiger partial charge in [-0.05, 0) is 24.6 Å². The highest BCUT2D eigenvalue weighted by Gasteiger charge is 2.18. The van der Waals surface area contributed by atoms with Crippen LogP contribution in [0.2, 0.25) is 0 Å². The predicted molar refractivity (Wildman–Crippen MR) is 98.0 cm³/mol. The number of anilines is 1. The minimum absolute atomic E-state index is 0.185. The Bertz CT molecular complexity index is 1100. The maximum atomic E-state index is 12.3. The van der Waals surface area contributed by atoms with Crippen LogP contribution in [-0.4, -0.2) is 38.9 Å². The summed E-state index contributed by atoms with van der Waals surface area (Å²) < 4.78 is 1.92. The van der Waals surface area contributed by atoms with Crippen molar-refractivity contribution in [2.45, 2.75) is 13.3 Å². The van der Waals surface area contributed by atoms with Gasteiger partial charge in [0.25, 0.3) is 5.91 Å². The van der Waals surface area contributed by atoms with E-state index in [9.17, 15) is 4.79 Å². The summed E-state index contributed by atoms with van der Waals surface area (Å²) >= 11 is 0. The molecule has 0 saturated heterocycles. The molecule has 126 valence electrons. The molecule has 0 spiro atoms. The van der Waals surface area contributed by atoms with Crippen molar-refractivity contribution in [1.29, 1.82) is 0 Å². The monoisotopic (exact) mass is 334 g/mol. The van der Waals surface area contributed by atoms with Crippen molar-refractivity contribution in [3.63, 3.8) is 0 Å². The van der Waals surface area contributed by atoms with Gasteiger partial charge in [-0.3, -0.25) is 9.20 Å². The average molecular weight is 334 g/mol. The number of nitrogens with one attached hydrogen (secondary N) is 2. The number of para-hydroxylation sites is 2. The summed E-state index contributed by atoms with van der Waals surface area (Å²) in [5.74, 6) is 0.386. The smallest absolute Gasteiger partial charge is 0.254 e. The van der Waals surface area contributed by atoms with Crippen molar-refractivity contribution in [2.24, 2.45) is 0 Å². The van der Waals surface area contributed by atoms with Crippen LogP contribution in [0.25, 0.3) is 27.7 Å². The zero-order chi connectivity index (χ0) is 17.4. The minimum atomic E-state index is -0.185. The molecule has 3 heterocycles. The molecule has 7 nitrogen and oxygen atoms in total. The maximum absolute atomic E-state index is 12.3. The number of pyridine rings is 1. The van der Waals surface area contributed by atoms with Crippen LogP contribution in [0.3, 0.4) is 0 Å². The lowest BCUT2D eigenvalue weighted by molar-refractivity contribution is 0.0964. The third kappa shape index (κ3) is 2.44. The first-order valence-electron chi connectivity index (χ1n) is 8.26. The van der Waals surface area contributed by atoms with Gasteiger partial charge in [0.1, 0.15) is 0 Å². The molecule has 7 heteroatoms. The molecule has 4 aromatic rings. The number of aromatic nitrogens is 4. The molecule has 0 fully saturated rings. The second-order valence-electron chi connectivity index (χ2n) is 5.80. The van der Waals surface area contributed by atoms with Crippen molar-refractivity contribution >= 4 is 39.6 Å². The summed E-state index contributed by atoms with van der Waals surface area (Å²) in [5, 5.41) is 6.67. The average Bonchev–Trinajstić information content (AvgIpc) is 3.04. The highest BCUT2D eigenvalue weighted by atomic mass is 16.1. The van der Waals surface area contributed by atoms with E-state index in [2.05, 4.69) is 32.5 Å². The van der Waals surface area contributed by atoms with Gasteiger partial charge in [0.2, 0.25) is 5.95 Å². The highest BCUT2D eigenvalue weighted by Crippen LogP contribution is 2.25. The predicted octanol–water partition coefficient (Wildman–Crippen LogP) is 2.61. The number of nitrogens with zero attached hydrogens (tertiary/aromatic N) is 4. The van der Waals surface area contributed by atoms with E-state index in [-0.39, 0.29) is 5.91 Å². The molecular weight excluding hydrogens is 316 g/mol. The number of imidazole rings is 1. The van der Waals surface area contributed by atoms with Crippen LogP contribution >= 0.6 is 0 Å².